The third-order valence-corrected chi connectivity index (χ3v) is 6.85. The quantitative estimate of drug-likeness (QED) is 0.478. The fourth-order valence-electron chi connectivity index (χ4n) is 4.20. The van der Waals surface area contributed by atoms with Crippen molar-refractivity contribution in [3.05, 3.63) is 58.2 Å². The summed E-state index contributed by atoms with van der Waals surface area (Å²) in [6.07, 6.45) is 1.61. The van der Waals surface area contributed by atoms with Gasteiger partial charge in [-0.2, -0.15) is 0 Å². The van der Waals surface area contributed by atoms with E-state index in [1.165, 1.54) is 15.6 Å². The predicted molar refractivity (Wildman–Crippen MR) is 117 cm³/mol. The van der Waals surface area contributed by atoms with E-state index in [4.69, 9.17) is 9.72 Å². The number of benzene rings is 2. The van der Waals surface area contributed by atoms with Gasteiger partial charge in [-0.25, -0.2) is 4.98 Å². The molecule has 0 N–H and O–H groups in total. The molecule has 1 aliphatic heterocycles. The molecular formula is C23H23N3O2S. The van der Waals surface area contributed by atoms with Gasteiger partial charge in [0, 0.05) is 42.5 Å². The molecule has 1 atom stereocenters. The Bertz CT molecular complexity index is 1270. The molecule has 0 radical (unpaired) electrons. The van der Waals surface area contributed by atoms with Crippen LogP contribution < -0.4 is 4.74 Å². The van der Waals surface area contributed by atoms with Gasteiger partial charge in [-0.3, -0.25) is 4.79 Å². The van der Waals surface area contributed by atoms with E-state index in [9.17, 15) is 4.79 Å². The minimum Gasteiger partial charge on any atom is -0.483 e. The van der Waals surface area contributed by atoms with Gasteiger partial charge in [0.15, 0.2) is 5.75 Å². The number of carbonyl (C=O) groups is 1. The highest BCUT2D eigenvalue weighted by atomic mass is 32.1. The molecule has 0 saturated heterocycles. The molecule has 0 unspecified atom stereocenters. The van der Waals surface area contributed by atoms with Crippen LogP contribution in [0.2, 0.25) is 0 Å². The maximum absolute atomic E-state index is 12.9. The van der Waals surface area contributed by atoms with Crippen LogP contribution in [0.4, 0.5) is 0 Å². The Balaban J connectivity index is 1.69. The van der Waals surface area contributed by atoms with Crippen molar-refractivity contribution in [3.63, 3.8) is 0 Å². The van der Waals surface area contributed by atoms with Crippen LogP contribution in [-0.2, 0) is 13.5 Å². The number of fused-ring (bicyclic) bond motifs is 4. The highest BCUT2D eigenvalue weighted by molar-refractivity contribution is 7.17. The number of aromatic nitrogens is 2. The lowest BCUT2D eigenvalue weighted by Crippen LogP contribution is -2.25. The third kappa shape index (κ3) is 2.74. The molecule has 0 bridgehead atoms. The summed E-state index contributed by atoms with van der Waals surface area (Å²) in [7, 11) is 5.56. The van der Waals surface area contributed by atoms with E-state index in [0.29, 0.717) is 5.56 Å². The number of hydrogen-bond acceptors (Lipinski definition) is 4. The molecule has 5 rings (SSSR count). The average Bonchev–Trinajstić information content (AvgIpc) is 3.28. The molecule has 1 amide bonds. The first kappa shape index (κ1) is 18.2. The van der Waals surface area contributed by atoms with Crippen molar-refractivity contribution in [1.82, 2.24) is 14.5 Å². The molecule has 2 aromatic carbocycles. The Morgan fingerprint density at radius 1 is 1.31 bits per heavy atom. The first-order valence-corrected chi connectivity index (χ1v) is 10.7. The first-order chi connectivity index (χ1) is 14.0. The second kappa shape index (κ2) is 6.59. The number of carbonyl (C=O) groups excluding carboxylic acids is 1. The van der Waals surface area contributed by atoms with Gasteiger partial charge >= 0.3 is 0 Å². The minimum absolute atomic E-state index is 0.00466. The average molecular weight is 406 g/mol. The monoisotopic (exact) mass is 405 g/mol. The molecule has 5 nitrogen and oxygen atoms in total. The number of aryl methyl sites for hydroxylation is 2. The summed E-state index contributed by atoms with van der Waals surface area (Å²) in [6, 6.07) is 10.4. The van der Waals surface area contributed by atoms with Crippen LogP contribution in [0.1, 0.15) is 39.8 Å². The van der Waals surface area contributed by atoms with E-state index in [-0.39, 0.29) is 12.0 Å². The maximum Gasteiger partial charge on any atom is 0.253 e. The van der Waals surface area contributed by atoms with Crippen molar-refractivity contribution >= 4 is 38.4 Å². The maximum atomic E-state index is 12.9. The van der Waals surface area contributed by atoms with Crippen LogP contribution in [0.3, 0.4) is 0 Å². The predicted octanol–water partition coefficient (Wildman–Crippen LogP) is 4.86. The van der Waals surface area contributed by atoms with Gasteiger partial charge in [-0.1, -0.05) is 18.2 Å². The van der Waals surface area contributed by atoms with E-state index in [2.05, 4.69) is 29.6 Å². The van der Waals surface area contributed by atoms with Crippen molar-refractivity contribution in [2.24, 2.45) is 7.05 Å². The van der Waals surface area contributed by atoms with Crippen LogP contribution >= 0.6 is 11.3 Å². The summed E-state index contributed by atoms with van der Waals surface area (Å²) in [5.74, 6) is 1.68. The van der Waals surface area contributed by atoms with Crippen molar-refractivity contribution < 1.29 is 9.53 Å². The lowest BCUT2D eigenvalue weighted by molar-refractivity contribution is 0.0823. The second-order valence-electron chi connectivity index (χ2n) is 7.85. The Labute approximate surface area is 173 Å². The van der Waals surface area contributed by atoms with Gasteiger partial charge in [0.25, 0.3) is 5.91 Å². The van der Waals surface area contributed by atoms with Crippen molar-refractivity contribution in [2.45, 2.75) is 25.9 Å². The lowest BCUT2D eigenvalue weighted by atomic mass is 9.92. The number of amides is 1. The van der Waals surface area contributed by atoms with Crippen LogP contribution in [0.25, 0.3) is 21.1 Å². The van der Waals surface area contributed by atoms with Gasteiger partial charge in [-0.05, 0) is 42.7 Å². The second-order valence-corrected chi connectivity index (χ2v) is 8.76. The first-order valence-electron chi connectivity index (χ1n) is 9.79. The lowest BCUT2D eigenvalue weighted by Gasteiger charge is -2.28. The zero-order valence-electron chi connectivity index (χ0n) is 17.0. The van der Waals surface area contributed by atoms with Gasteiger partial charge in [0.05, 0.1) is 5.52 Å². The summed E-state index contributed by atoms with van der Waals surface area (Å²) in [5, 5.41) is 3.45. The smallest absolute Gasteiger partial charge is 0.253 e. The Morgan fingerprint density at radius 2 is 2.10 bits per heavy atom. The summed E-state index contributed by atoms with van der Waals surface area (Å²) in [6.45, 7) is 1.98. The van der Waals surface area contributed by atoms with Crippen molar-refractivity contribution in [3.8, 4) is 5.75 Å². The number of imidazole rings is 1. The fraction of sp³-hybridized carbons (Fsp3) is 0.304. The SMILES string of the molecule is Cc1nc2c3c(c(C(=O)N(C)C)cc2n1C)CC[C@@H](c1csc2ccccc12)O3. The molecule has 2 aromatic heterocycles. The number of thiophene rings is 1. The molecule has 29 heavy (non-hydrogen) atoms. The van der Waals surface area contributed by atoms with Gasteiger partial charge in [-0.15, -0.1) is 11.3 Å². The standard InChI is InChI=1S/C23H23N3O2S/c1-13-24-21-18(26(13)4)11-16(23(27)25(2)3)15-9-10-19(28-22(15)21)17-12-29-20-8-6-5-7-14(17)20/h5-8,11-12,19H,9-10H2,1-4H3/t19-/m0/s1. The van der Waals surface area contributed by atoms with Crippen LogP contribution in [-0.4, -0.2) is 34.5 Å². The Morgan fingerprint density at radius 3 is 2.90 bits per heavy atom. The van der Waals surface area contributed by atoms with Crippen molar-refractivity contribution in [2.75, 3.05) is 14.1 Å². The highest BCUT2D eigenvalue weighted by Gasteiger charge is 2.31. The van der Waals surface area contributed by atoms with E-state index >= 15 is 0 Å². The zero-order valence-corrected chi connectivity index (χ0v) is 17.8. The molecular weight excluding hydrogens is 382 g/mol. The van der Waals surface area contributed by atoms with Gasteiger partial charge in [0.1, 0.15) is 17.4 Å². The topological polar surface area (TPSA) is 47.4 Å². The van der Waals surface area contributed by atoms with E-state index in [0.717, 1.165) is 41.0 Å². The molecule has 0 spiro atoms. The minimum atomic E-state index is -0.0335. The molecule has 0 saturated carbocycles. The van der Waals surface area contributed by atoms with Crippen LogP contribution in [0, 0.1) is 6.92 Å². The van der Waals surface area contributed by atoms with Crippen LogP contribution in [0.15, 0.2) is 35.7 Å². The Hall–Kier alpha value is -2.86. The highest BCUT2D eigenvalue weighted by Crippen LogP contribution is 2.44. The van der Waals surface area contributed by atoms with Gasteiger partial charge in [0.2, 0.25) is 0 Å². The molecule has 6 heteroatoms. The van der Waals surface area contributed by atoms with E-state index in [1.54, 1.807) is 30.3 Å². The molecule has 0 fully saturated rings. The normalized spacial score (nSPS) is 16.1. The number of rotatable bonds is 2. The molecule has 148 valence electrons. The number of hydrogen-bond donors (Lipinski definition) is 0. The Kier molecular flexibility index (Phi) is 4.13. The summed E-state index contributed by atoms with van der Waals surface area (Å²) < 4.78 is 9.89. The molecule has 4 aromatic rings. The number of ether oxygens (including phenoxy) is 1. The summed E-state index contributed by atoms with van der Waals surface area (Å²) in [4.78, 5) is 19.3. The third-order valence-electron chi connectivity index (χ3n) is 5.87. The summed E-state index contributed by atoms with van der Waals surface area (Å²) in [5.41, 5.74) is 4.70. The van der Waals surface area contributed by atoms with Gasteiger partial charge < -0.3 is 14.2 Å². The molecule has 0 aliphatic carbocycles. The summed E-state index contributed by atoms with van der Waals surface area (Å²) >= 11 is 1.75. The van der Waals surface area contributed by atoms with E-state index < -0.39 is 0 Å². The zero-order chi connectivity index (χ0) is 20.3. The number of nitrogens with zero attached hydrogens (tertiary/aromatic N) is 3. The van der Waals surface area contributed by atoms with Crippen LogP contribution in [0.5, 0.6) is 5.75 Å². The largest absolute Gasteiger partial charge is 0.483 e. The fourth-order valence-corrected chi connectivity index (χ4v) is 5.20. The van der Waals surface area contributed by atoms with Crippen molar-refractivity contribution in [1.29, 1.82) is 0 Å². The van der Waals surface area contributed by atoms with E-state index in [1.807, 2.05) is 24.6 Å². The molecule has 1 aliphatic rings. The molecule has 3 heterocycles.